The molecule has 1 heterocycles. The summed E-state index contributed by atoms with van der Waals surface area (Å²) < 4.78 is 11.6. The topological polar surface area (TPSA) is 64.6 Å². The minimum absolute atomic E-state index is 0.0352. The zero-order valence-electron chi connectivity index (χ0n) is 18.4. The van der Waals surface area contributed by atoms with E-state index in [9.17, 15) is 9.59 Å². The number of esters is 1. The Labute approximate surface area is 188 Å². The van der Waals surface area contributed by atoms with Crippen molar-refractivity contribution in [3.63, 3.8) is 0 Å². The molecule has 2 aromatic carbocycles. The van der Waals surface area contributed by atoms with Crippen LogP contribution < -0.4 is 5.32 Å². The molecule has 7 rings (SSSR count). The molecule has 4 fully saturated rings. The summed E-state index contributed by atoms with van der Waals surface area (Å²) in [4.78, 5) is 25.8. The first-order chi connectivity index (χ1) is 15.5. The molecule has 4 aliphatic carbocycles. The monoisotopic (exact) mass is 431 g/mol. The molecule has 0 spiro atoms. The molecule has 166 valence electrons. The lowest BCUT2D eigenvalue weighted by molar-refractivity contribution is -0.156. The van der Waals surface area contributed by atoms with Gasteiger partial charge in [0.1, 0.15) is 6.10 Å². The van der Waals surface area contributed by atoms with Crippen molar-refractivity contribution in [1.29, 1.82) is 0 Å². The highest BCUT2D eigenvalue weighted by atomic mass is 16.5. The molecule has 1 N–H and O–H groups in total. The summed E-state index contributed by atoms with van der Waals surface area (Å²) >= 11 is 0. The molecule has 0 saturated heterocycles. The third kappa shape index (κ3) is 3.25. The van der Waals surface area contributed by atoms with E-state index in [1.165, 1.54) is 19.3 Å². The van der Waals surface area contributed by atoms with E-state index in [0.29, 0.717) is 29.4 Å². The number of cyclic esters (lactones) is 1. The Morgan fingerprint density at radius 3 is 2.53 bits per heavy atom. The van der Waals surface area contributed by atoms with Crippen LogP contribution in [0, 0.1) is 17.8 Å². The van der Waals surface area contributed by atoms with E-state index in [1.54, 1.807) is 12.1 Å². The van der Waals surface area contributed by atoms with Gasteiger partial charge in [-0.15, -0.1) is 0 Å². The van der Waals surface area contributed by atoms with E-state index >= 15 is 0 Å². The Bertz CT molecular complexity index is 1050. The fourth-order valence-electron chi connectivity index (χ4n) is 7.06. The maximum absolute atomic E-state index is 13.2. The van der Waals surface area contributed by atoms with Crippen LogP contribution in [0.1, 0.15) is 70.1 Å². The predicted molar refractivity (Wildman–Crippen MR) is 119 cm³/mol. The second-order valence-corrected chi connectivity index (χ2v) is 10.2. The van der Waals surface area contributed by atoms with Gasteiger partial charge < -0.3 is 14.8 Å². The molecule has 0 aromatic heterocycles. The quantitative estimate of drug-likeness (QED) is 0.726. The van der Waals surface area contributed by atoms with Crippen molar-refractivity contribution >= 4 is 11.9 Å². The van der Waals surface area contributed by atoms with Gasteiger partial charge in [0.15, 0.2) is 0 Å². The van der Waals surface area contributed by atoms with Crippen LogP contribution in [0.25, 0.3) is 0 Å². The van der Waals surface area contributed by atoms with Gasteiger partial charge in [0.2, 0.25) is 0 Å². The minimum Gasteiger partial charge on any atom is -0.454 e. The second kappa shape index (κ2) is 7.45. The molecule has 4 saturated carbocycles. The van der Waals surface area contributed by atoms with Gasteiger partial charge >= 0.3 is 5.97 Å². The van der Waals surface area contributed by atoms with E-state index in [2.05, 4.69) is 5.32 Å². The first-order valence-electron chi connectivity index (χ1n) is 11.8. The summed E-state index contributed by atoms with van der Waals surface area (Å²) in [7, 11) is 1.85. The number of amides is 1. The Kier molecular flexibility index (Phi) is 4.65. The number of methoxy groups -OCH3 is 1. The Morgan fingerprint density at radius 1 is 1.06 bits per heavy atom. The highest BCUT2D eigenvalue weighted by molar-refractivity contribution is 5.98. The Balaban J connectivity index is 1.21. The average Bonchev–Trinajstić information content (AvgIpc) is 2.81. The van der Waals surface area contributed by atoms with Crippen molar-refractivity contribution in [3.05, 3.63) is 70.8 Å². The normalized spacial score (nSPS) is 34.7. The lowest BCUT2D eigenvalue weighted by Crippen LogP contribution is -2.62. The van der Waals surface area contributed by atoms with Crippen molar-refractivity contribution in [2.24, 2.45) is 17.8 Å². The van der Waals surface area contributed by atoms with Crippen LogP contribution in [-0.4, -0.2) is 30.6 Å². The Morgan fingerprint density at radius 2 is 1.81 bits per heavy atom. The zero-order valence-corrected chi connectivity index (χ0v) is 18.4. The van der Waals surface area contributed by atoms with Gasteiger partial charge in [-0.05, 0) is 79.2 Å². The lowest BCUT2D eigenvalue weighted by atomic mass is 9.52. The fourth-order valence-corrected chi connectivity index (χ4v) is 7.06. The average molecular weight is 432 g/mol. The third-order valence-corrected chi connectivity index (χ3v) is 8.36. The number of nitrogens with one attached hydrogen (secondary N) is 1. The van der Waals surface area contributed by atoms with E-state index in [1.807, 2.05) is 43.5 Å². The van der Waals surface area contributed by atoms with Crippen LogP contribution in [0.4, 0.5) is 0 Å². The number of benzene rings is 2. The van der Waals surface area contributed by atoms with Crippen molar-refractivity contribution in [2.45, 2.75) is 56.3 Å². The number of rotatable bonds is 4. The van der Waals surface area contributed by atoms with Crippen molar-refractivity contribution in [2.75, 3.05) is 7.11 Å². The summed E-state index contributed by atoms with van der Waals surface area (Å²) in [6, 6.07) is 15.4. The van der Waals surface area contributed by atoms with Gasteiger partial charge in [-0.2, -0.15) is 0 Å². The van der Waals surface area contributed by atoms with Crippen molar-refractivity contribution in [1.82, 2.24) is 5.32 Å². The molecule has 1 amide bonds. The standard InChI is InChI=1S/C27H29NO4/c1-31-27-13-16-9-20(14-27)24(21(10-16)15-27)28-25(29)18-7-8-22-19(11-18)12-23(32-26(22)30)17-5-3-2-4-6-17/h2-8,11,16,20-21,23-24H,9-10,12-15H2,1H3,(H,28,29). The van der Waals surface area contributed by atoms with Gasteiger partial charge in [0.25, 0.3) is 5.91 Å². The van der Waals surface area contributed by atoms with Crippen molar-refractivity contribution < 1.29 is 19.1 Å². The van der Waals surface area contributed by atoms with Crippen molar-refractivity contribution in [3.8, 4) is 0 Å². The number of hydrogen-bond acceptors (Lipinski definition) is 4. The smallest absolute Gasteiger partial charge is 0.339 e. The van der Waals surface area contributed by atoms with E-state index in [4.69, 9.17) is 9.47 Å². The molecule has 2 aromatic rings. The van der Waals surface area contributed by atoms with Crippen LogP contribution in [-0.2, 0) is 15.9 Å². The zero-order chi connectivity index (χ0) is 21.9. The fraction of sp³-hybridized carbons (Fsp3) is 0.481. The van der Waals surface area contributed by atoms with Crippen LogP contribution in [0.2, 0.25) is 0 Å². The van der Waals surface area contributed by atoms with Crippen LogP contribution >= 0.6 is 0 Å². The predicted octanol–water partition coefficient (Wildman–Crippen LogP) is 4.46. The van der Waals surface area contributed by atoms with Gasteiger partial charge in [-0.1, -0.05) is 30.3 Å². The van der Waals surface area contributed by atoms with Gasteiger partial charge in [-0.3, -0.25) is 4.79 Å². The maximum atomic E-state index is 13.2. The Hall–Kier alpha value is -2.66. The molecular weight excluding hydrogens is 402 g/mol. The number of carbonyl (C=O) groups is 2. The SMILES string of the molecule is COC12CC3CC(C1)C(NC(=O)c1ccc4c(c1)CC(c1ccccc1)OC4=O)C(C3)C2. The molecule has 1 aliphatic heterocycles. The van der Waals surface area contributed by atoms with E-state index in [-0.39, 0.29) is 29.6 Å². The third-order valence-electron chi connectivity index (χ3n) is 8.36. The van der Waals surface area contributed by atoms with Crippen LogP contribution in [0.3, 0.4) is 0 Å². The molecule has 32 heavy (non-hydrogen) atoms. The maximum Gasteiger partial charge on any atom is 0.339 e. The van der Waals surface area contributed by atoms with Gasteiger partial charge in [-0.25, -0.2) is 4.79 Å². The highest BCUT2D eigenvalue weighted by Gasteiger charge is 2.56. The largest absolute Gasteiger partial charge is 0.454 e. The molecule has 5 aliphatic rings. The summed E-state index contributed by atoms with van der Waals surface area (Å²) in [5, 5.41) is 3.37. The number of fused-ring (bicyclic) bond motifs is 1. The molecule has 4 bridgehead atoms. The molecule has 3 unspecified atom stereocenters. The minimum atomic E-state index is -0.321. The summed E-state index contributed by atoms with van der Waals surface area (Å²) in [6.07, 6.45) is 5.94. The van der Waals surface area contributed by atoms with Crippen LogP contribution in [0.15, 0.2) is 48.5 Å². The first kappa shape index (κ1) is 20.0. The molecule has 5 heteroatoms. The summed E-state index contributed by atoms with van der Waals surface area (Å²) in [5.41, 5.74) is 3.08. The molecule has 0 radical (unpaired) electrons. The number of ether oxygens (including phenoxy) is 2. The van der Waals surface area contributed by atoms with Gasteiger partial charge in [0.05, 0.1) is 11.2 Å². The van der Waals surface area contributed by atoms with Crippen LogP contribution in [0.5, 0.6) is 0 Å². The van der Waals surface area contributed by atoms with E-state index < -0.39 is 0 Å². The van der Waals surface area contributed by atoms with E-state index in [0.717, 1.165) is 29.9 Å². The summed E-state index contributed by atoms with van der Waals surface area (Å²) in [5.74, 6) is 1.38. The summed E-state index contributed by atoms with van der Waals surface area (Å²) in [6.45, 7) is 0. The van der Waals surface area contributed by atoms with Gasteiger partial charge in [0, 0.05) is 25.1 Å². The first-order valence-corrected chi connectivity index (χ1v) is 11.8. The number of carbonyl (C=O) groups excluding carboxylic acids is 2. The number of hydrogen-bond donors (Lipinski definition) is 1. The lowest BCUT2D eigenvalue weighted by Gasteiger charge is -2.59. The molecule has 5 nitrogen and oxygen atoms in total. The highest BCUT2D eigenvalue weighted by Crippen LogP contribution is 2.57. The molecular formula is C27H29NO4. The second-order valence-electron chi connectivity index (χ2n) is 10.2. The molecule has 3 atom stereocenters.